The number of para-hydroxylation sites is 1. The first-order chi connectivity index (χ1) is 23.2. The summed E-state index contributed by atoms with van der Waals surface area (Å²) >= 11 is 0. The molecular weight excluding hydrogens is 786 g/mol. The first-order valence-corrected chi connectivity index (χ1v) is 16.1. The van der Waals surface area contributed by atoms with Gasteiger partial charge < -0.3 is 14.4 Å². The molecular formula is C43H34N3O2Pt-. The fourth-order valence-electron chi connectivity index (χ4n) is 6.51. The number of rotatable bonds is 5. The monoisotopic (exact) mass is 819 g/mol. The first-order valence-electron chi connectivity index (χ1n) is 16.1. The molecule has 0 aliphatic heterocycles. The minimum Gasteiger partial charge on any atom is -0.506 e. The molecule has 1 N–H and O–H groups in total. The number of nitrogens with zero attached hydrogens (tertiary/aromatic N) is 3. The first kappa shape index (κ1) is 32.3. The van der Waals surface area contributed by atoms with E-state index in [0.29, 0.717) is 17.1 Å². The van der Waals surface area contributed by atoms with Crippen LogP contribution in [0.5, 0.6) is 17.4 Å². The Hall–Kier alpha value is -5.25. The number of hydrogen-bond acceptors (Lipinski definition) is 4. The Bertz CT molecular complexity index is 2500. The zero-order valence-electron chi connectivity index (χ0n) is 27.6. The van der Waals surface area contributed by atoms with E-state index in [1.165, 1.54) is 5.56 Å². The summed E-state index contributed by atoms with van der Waals surface area (Å²) in [6.07, 6.45) is 1.83. The quantitative estimate of drug-likeness (QED) is 0.176. The van der Waals surface area contributed by atoms with Crippen LogP contribution >= 0.6 is 0 Å². The predicted molar refractivity (Wildman–Crippen MR) is 195 cm³/mol. The van der Waals surface area contributed by atoms with Crippen LogP contribution in [0.4, 0.5) is 0 Å². The van der Waals surface area contributed by atoms with Crippen molar-refractivity contribution in [3.05, 3.63) is 145 Å². The minimum atomic E-state index is -0.00216. The van der Waals surface area contributed by atoms with E-state index in [2.05, 4.69) is 110 Å². The van der Waals surface area contributed by atoms with E-state index in [4.69, 9.17) is 9.72 Å². The average Bonchev–Trinajstić information content (AvgIpc) is 3.42. The molecule has 6 heteroatoms. The third-order valence-corrected chi connectivity index (χ3v) is 8.97. The number of aromatic nitrogens is 3. The number of hydrogen-bond donors (Lipinski definition) is 1. The van der Waals surface area contributed by atoms with Gasteiger partial charge in [-0.15, -0.1) is 17.5 Å². The van der Waals surface area contributed by atoms with Crippen LogP contribution < -0.4 is 4.74 Å². The molecule has 0 saturated heterocycles. The van der Waals surface area contributed by atoms with Gasteiger partial charge in [-0.2, -0.15) is 6.07 Å². The van der Waals surface area contributed by atoms with Crippen molar-refractivity contribution in [2.24, 2.45) is 0 Å². The number of aryl methyl sites for hydroxylation is 1. The van der Waals surface area contributed by atoms with Crippen molar-refractivity contribution in [3.8, 4) is 45.5 Å². The molecule has 8 rings (SSSR count). The number of ether oxygens (including phenoxy) is 1. The molecule has 0 atom stereocenters. The van der Waals surface area contributed by atoms with Crippen molar-refractivity contribution in [1.82, 2.24) is 14.5 Å². The maximum atomic E-state index is 11.0. The smallest absolute Gasteiger partial charge is 0.217 e. The van der Waals surface area contributed by atoms with Crippen molar-refractivity contribution in [2.45, 2.75) is 33.1 Å². The molecule has 0 radical (unpaired) electrons. The van der Waals surface area contributed by atoms with E-state index < -0.39 is 0 Å². The van der Waals surface area contributed by atoms with Crippen LogP contribution in [0.25, 0.3) is 60.8 Å². The van der Waals surface area contributed by atoms with Gasteiger partial charge in [0, 0.05) is 50.0 Å². The normalized spacial score (nSPS) is 11.6. The Balaban J connectivity index is 0.00000378. The second-order valence-corrected chi connectivity index (χ2v) is 13.3. The van der Waals surface area contributed by atoms with Gasteiger partial charge in [0.1, 0.15) is 17.1 Å². The number of aromatic hydroxyl groups is 1. The van der Waals surface area contributed by atoms with Gasteiger partial charge in [-0.25, -0.2) is 9.97 Å². The second kappa shape index (κ2) is 12.6. The zero-order valence-corrected chi connectivity index (χ0v) is 29.9. The molecule has 0 amide bonds. The SMILES string of the molecule is Cc1ccnc(-n2c3[c-]c(Oc4ccc5c(-c6ccc(C(C)(C)C)cc6-c6ccccc6)ccc(O)c5n4)ccc3c3ccccc32)c1.[Pt]. The Morgan fingerprint density at radius 2 is 1.47 bits per heavy atom. The van der Waals surface area contributed by atoms with Crippen molar-refractivity contribution in [3.63, 3.8) is 0 Å². The summed E-state index contributed by atoms with van der Waals surface area (Å²) in [5, 5.41) is 14.1. The topological polar surface area (TPSA) is 60.2 Å². The van der Waals surface area contributed by atoms with Gasteiger partial charge >= 0.3 is 0 Å². The van der Waals surface area contributed by atoms with Gasteiger partial charge in [-0.3, -0.25) is 0 Å². The van der Waals surface area contributed by atoms with E-state index in [0.717, 1.165) is 60.8 Å². The molecule has 0 bridgehead atoms. The molecule has 0 unspecified atom stereocenters. The summed E-state index contributed by atoms with van der Waals surface area (Å²) < 4.78 is 8.46. The van der Waals surface area contributed by atoms with Crippen LogP contribution in [-0.2, 0) is 26.5 Å². The van der Waals surface area contributed by atoms with Gasteiger partial charge in [0.05, 0.1) is 0 Å². The van der Waals surface area contributed by atoms with Crippen LogP contribution in [0.3, 0.4) is 0 Å². The Kier molecular flexibility index (Phi) is 8.34. The van der Waals surface area contributed by atoms with Crippen LogP contribution in [0, 0.1) is 13.0 Å². The Labute approximate surface area is 300 Å². The fourth-order valence-corrected chi connectivity index (χ4v) is 6.51. The fraction of sp³-hybridized carbons (Fsp3) is 0.116. The summed E-state index contributed by atoms with van der Waals surface area (Å²) in [6.45, 7) is 8.75. The molecule has 0 saturated carbocycles. The molecule has 5 nitrogen and oxygen atoms in total. The van der Waals surface area contributed by atoms with Gasteiger partial charge in [-0.1, -0.05) is 93.0 Å². The second-order valence-electron chi connectivity index (χ2n) is 13.3. The Morgan fingerprint density at radius 1 is 0.714 bits per heavy atom. The number of phenols is 1. The van der Waals surface area contributed by atoms with Crippen molar-refractivity contribution < 1.29 is 30.9 Å². The summed E-state index contributed by atoms with van der Waals surface area (Å²) in [4.78, 5) is 9.50. The van der Waals surface area contributed by atoms with Gasteiger partial charge in [-0.05, 0) is 87.5 Å². The van der Waals surface area contributed by atoms with Gasteiger partial charge in [0.2, 0.25) is 5.88 Å². The number of fused-ring (bicyclic) bond motifs is 4. The maximum Gasteiger partial charge on any atom is 0.217 e. The molecule has 5 aromatic carbocycles. The summed E-state index contributed by atoms with van der Waals surface area (Å²) in [5.41, 5.74) is 9.10. The van der Waals surface area contributed by atoms with E-state index in [1.807, 2.05) is 54.7 Å². The van der Waals surface area contributed by atoms with E-state index >= 15 is 0 Å². The molecule has 244 valence electrons. The number of pyridine rings is 2. The number of benzene rings is 5. The Morgan fingerprint density at radius 3 is 2.27 bits per heavy atom. The average molecular weight is 820 g/mol. The number of phenolic OH excluding ortho intramolecular Hbond substituents is 1. The van der Waals surface area contributed by atoms with Crippen LogP contribution in [0.1, 0.15) is 31.9 Å². The van der Waals surface area contributed by atoms with Gasteiger partial charge in [0.25, 0.3) is 0 Å². The van der Waals surface area contributed by atoms with E-state index in [-0.39, 0.29) is 32.2 Å². The molecule has 3 aromatic heterocycles. The largest absolute Gasteiger partial charge is 0.506 e. The molecule has 3 heterocycles. The molecule has 0 fully saturated rings. The third kappa shape index (κ3) is 5.89. The molecule has 49 heavy (non-hydrogen) atoms. The van der Waals surface area contributed by atoms with Crippen molar-refractivity contribution in [2.75, 3.05) is 0 Å². The van der Waals surface area contributed by atoms with Crippen molar-refractivity contribution >= 4 is 32.7 Å². The molecule has 0 aliphatic carbocycles. The zero-order chi connectivity index (χ0) is 33.0. The van der Waals surface area contributed by atoms with Crippen LogP contribution in [0.15, 0.2) is 128 Å². The molecule has 8 aromatic rings. The summed E-state index contributed by atoms with van der Waals surface area (Å²) in [7, 11) is 0. The molecule has 0 aliphatic rings. The summed E-state index contributed by atoms with van der Waals surface area (Å²) in [5.74, 6) is 1.80. The van der Waals surface area contributed by atoms with E-state index in [9.17, 15) is 5.11 Å². The predicted octanol–water partition coefficient (Wildman–Crippen LogP) is 11.0. The van der Waals surface area contributed by atoms with Crippen LogP contribution in [0.2, 0.25) is 0 Å². The van der Waals surface area contributed by atoms with Crippen LogP contribution in [-0.4, -0.2) is 19.6 Å². The molecule has 0 spiro atoms. The van der Waals surface area contributed by atoms with E-state index in [1.54, 1.807) is 6.07 Å². The standard InChI is InChI=1S/C43H34N3O2.Pt/c1-27-22-23-44-40(24-27)46-37-13-9-8-12-33(37)34-17-15-30(26-38(34)46)48-41-21-19-35-31(18-20-39(47)42(35)45-41)32-16-14-29(43(2,3)4)25-36(32)28-10-6-5-7-11-28;/h5-25,47H,1-4H3;/q-1;. The maximum absolute atomic E-state index is 11.0. The summed E-state index contributed by atoms with van der Waals surface area (Å²) in [6, 6.07) is 44.4. The minimum absolute atomic E-state index is 0. The van der Waals surface area contributed by atoms with Crippen molar-refractivity contribution in [1.29, 1.82) is 0 Å². The third-order valence-electron chi connectivity index (χ3n) is 8.97. The van der Waals surface area contributed by atoms with Gasteiger partial charge in [0.15, 0.2) is 0 Å².